The Balaban J connectivity index is 1.90. The van der Waals surface area contributed by atoms with Crippen LogP contribution in [0.2, 0.25) is 5.02 Å². The van der Waals surface area contributed by atoms with E-state index in [9.17, 15) is 14.3 Å². The van der Waals surface area contributed by atoms with Crippen LogP contribution in [-0.4, -0.2) is 27.4 Å². The summed E-state index contributed by atoms with van der Waals surface area (Å²) in [5, 5.41) is 17.7. The van der Waals surface area contributed by atoms with Gasteiger partial charge in [-0.2, -0.15) is 5.10 Å². The van der Waals surface area contributed by atoms with Crippen molar-refractivity contribution < 1.29 is 14.3 Å². The highest BCUT2D eigenvalue weighted by Gasteiger charge is 2.28. The fourth-order valence-electron chi connectivity index (χ4n) is 3.17. The first kappa shape index (κ1) is 17.5. The fourth-order valence-corrected chi connectivity index (χ4v) is 3.30. The molecule has 0 amide bonds. The summed E-state index contributed by atoms with van der Waals surface area (Å²) in [6.45, 7) is 0.952. The molecule has 0 radical (unpaired) electrons. The molecule has 2 N–H and O–H groups in total. The van der Waals surface area contributed by atoms with Crippen molar-refractivity contribution in [1.82, 2.24) is 15.1 Å². The number of hydrogen-bond donors (Lipinski definition) is 2. The Morgan fingerprint density at radius 2 is 1.85 bits per heavy atom. The predicted octanol–water partition coefficient (Wildman–Crippen LogP) is 4.01. The largest absolute Gasteiger partial charge is 0.476 e. The van der Waals surface area contributed by atoms with E-state index in [4.69, 9.17) is 11.6 Å². The molecule has 7 heteroatoms. The number of aromatic carboxylic acids is 1. The van der Waals surface area contributed by atoms with Crippen LogP contribution in [0.4, 0.5) is 4.39 Å². The molecule has 0 saturated heterocycles. The number of fused-ring (bicyclic) bond motifs is 1. The van der Waals surface area contributed by atoms with Crippen molar-refractivity contribution in [3.63, 3.8) is 0 Å². The minimum Gasteiger partial charge on any atom is -0.476 e. The van der Waals surface area contributed by atoms with Crippen molar-refractivity contribution >= 4 is 29.2 Å². The number of aromatic nitrogens is 2. The van der Waals surface area contributed by atoms with Gasteiger partial charge in [-0.05, 0) is 53.6 Å². The van der Waals surface area contributed by atoms with Crippen LogP contribution in [0.1, 0.15) is 27.3 Å². The molecule has 0 fully saturated rings. The summed E-state index contributed by atoms with van der Waals surface area (Å²) in [5.41, 5.74) is 3.78. The lowest BCUT2D eigenvalue weighted by molar-refractivity contribution is 0.0688. The average Bonchev–Trinajstić information content (AvgIpc) is 3.05. The topological polar surface area (TPSA) is 67.1 Å². The van der Waals surface area contributed by atoms with Gasteiger partial charge < -0.3 is 10.4 Å². The van der Waals surface area contributed by atoms with Crippen LogP contribution < -0.4 is 5.32 Å². The Morgan fingerprint density at radius 3 is 2.52 bits per heavy atom. The zero-order valence-corrected chi connectivity index (χ0v) is 14.9. The van der Waals surface area contributed by atoms with Gasteiger partial charge in [0, 0.05) is 23.7 Å². The van der Waals surface area contributed by atoms with Gasteiger partial charge in [0.2, 0.25) is 0 Å². The summed E-state index contributed by atoms with van der Waals surface area (Å²) in [6, 6.07) is 13.2. The van der Waals surface area contributed by atoms with Crippen LogP contribution in [0.5, 0.6) is 0 Å². The first-order chi connectivity index (χ1) is 13.0. The number of carboxylic acids is 1. The minimum atomic E-state index is -1.08. The number of hydrogen-bond acceptors (Lipinski definition) is 3. The summed E-state index contributed by atoms with van der Waals surface area (Å²) in [6.07, 6.45) is 1.91. The molecule has 5 nitrogen and oxygen atoms in total. The van der Waals surface area contributed by atoms with Gasteiger partial charge in [-0.1, -0.05) is 23.7 Å². The lowest BCUT2D eigenvalue weighted by Crippen LogP contribution is -2.24. The molecule has 3 aromatic rings. The van der Waals surface area contributed by atoms with E-state index in [0.717, 1.165) is 22.5 Å². The third-order valence-corrected chi connectivity index (χ3v) is 4.64. The van der Waals surface area contributed by atoms with Crippen molar-refractivity contribution in [2.75, 3.05) is 6.54 Å². The normalized spacial score (nSPS) is 15.0. The first-order valence-corrected chi connectivity index (χ1v) is 8.69. The quantitative estimate of drug-likeness (QED) is 0.717. The summed E-state index contributed by atoms with van der Waals surface area (Å²) in [7, 11) is 0. The molecule has 4 rings (SSSR count). The maximum absolute atomic E-state index is 13.2. The average molecular weight is 384 g/mol. The molecule has 27 heavy (non-hydrogen) atoms. The van der Waals surface area contributed by atoms with Crippen LogP contribution >= 0.6 is 11.6 Å². The van der Waals surface area contributed by atoms with Gasteiger partial charge in [0.15, 0.2) is 5.69 Å². The maximum atomic E-state index is 13.2. The van der Waals surface area contributed by atoms with Gasteiger partial charge in [0.25, 0.3) is 0 Å². The van der Waals surface area contributed by atoms with Crippen molar-refractivity contribution in [2.24, 2.45) is 0 Å². The molecule has 0 bridgehead atoms. The Kier molecular flexibility index (Phi) is 4.51. The van der Waals surface area contributed by atoms with Gasteiger partial charge in [0.1, 0.15) is 5.82 Å². The van der Waals surface area contributed by atoms with E-state index >= 15 is 0 Å². The molecule has 0 unspecified atom stereocenters. The van der Waals surface area contributed by atoms with E-state index in [1.807, 2.05) is 6.08 Å². The van der Waals surface area contributed by atoms with E-state index in [0.29, 0.717) is 23.7 Å². The molecule has 2 heterocycles. The lowest BCUT2D eigenvalue weighted by Gasteiger charge is -2.19. The van der Waals surface area contributed by atoms with Crippen LogP contribution in [-0.2, 0) is 6.54 Å². The highest BCUT2D eigenvalue weighted by molar-refractivity contribution is 6.30. The van der Waals surface area contributed by atoms with Crippen molar-refractivity contribution in [3.05, 3.63) is 81.9 Å². The number of halogens is 2. The standard InChI is InChI=1S/C20H15ClFN3O2/c21-14-3-7-16(8-4-14)25-19-13(9-12-1-5-15(22)6-2-12)10-23-11-17(19)18(24-25)20(26)27/h1-9,23H,10-11H2,(H,26,27). The van der Waals surface area contributed by atoms with Gasteiger partial charge in [-0.25, -0.2) is 13.9 Å². The highest BCUT2D eigenvalue weighted by atomic mass is 35.5. The van der Waals surface area contributed by atoms with Crippen molar-refractivity contribution in [1.29, 1.82) is 0 Å². The van der Waals surface area contributed by atoms with E-state index in [1.54, 1.807) is 41.1 Å². The molecular weight excluding hydrogens is 369 g/mol. The van der Waals surface area contributed by atoms with Crippen molar-refractivity contribution in [3.8, 4) is 5.69 Å². The molecule has 2 aromatic carbocycles. The number of benzene rings is 2. The number of carbonyl (C=O) groups is 1. The molecular formula is C20H15ClFN3O2. The van der Waals surface area contributed by atoms with E-state index in [-0.39, 0.29) is 11.5 Å². The molecule has 0 aliphatic carbocycles. The second kappa shape index (κ2) is 6.98. The van der Waals surface area contributed by atoms with Gasteiger partial charge in [-0.15, -0.1) is 0 Å². The number of carboxylic acid groups (broad SMARTS) is 1. The van der Waals surface area contributed by atoms with E-state index in [2.05, 4.69) is 10.4 Å². The van der Waals surface area contributed by atoms with E-state index < -0.39 is 5.97 Å². The molecule has 0 saturated carbocycles. The molecule has 1 aliphatic heterocycles. The summed E-state index contributed by atoms with van der Waals surface area (Å²) in [5.74, 6) is -1.39. The van der Waals surface area contributed by atoms with Gasteiger partial charge in [0.05, 0.1) is 11.4 Å². The number of nitrogens with zero attached hydrogens (tertiary/aromatic N) is 2. The Bertz CT molecular complexity index is 1040. The second-order valence-electron chi connectivity index (χ2n) is 6.19. The predicted molar refractivity (Wildman–Crippen MR) is 102 cm³/mol. The summed E-state index contributed by atoms with van der Waals surface area (Å²) in [4.78, 5) is 11.7. The molecule has 0 spiro atoms. The number of rotatable bonds is 3. The fraction of sp³-hybridized carbons (Fsp3) is 0.100. The SMILES string of the molecule is O=C(O)c1nn(-c2ccc(Cl)cc2)c2c1CNCC2=Cc1ccc(F)cc1. The third kappa shape index (κ3) is 3.37. The molecule has 136 valence electrons. The third-order valence-electron chi connectivity index (χ3n) is 4.39. The smallest absolute Gasteiger partial charge is 0.356 e. The maximum Gasteiger partial charge on any atom is 0.356 e. The Morgan fingerprint density at radius 1 is 1.15 bits per heavy atom. The van der Waals surface area contributed by atoms with Crippen LogP contribution in [0.15, 0.2) is 48.5 Å². The minimum absolute atomic E-state index is 0.0113. The zero-order valence-electron chi connectivity index (χ0n) is 14.1. The van der Waals surface area contributed by atoms with Crippen LogP contribution in [0, 0.1) is 5.82 Å². The number of nitrogens with one attached hydrogen (secondary N) is 1. The Hall–Kier alpha value is -2.96. The van der Waals surface area contributed by atoms with Gasteiger partial charge in [-0.3, -0.25) is 0 Å². The molecule has 1 aromatic heterocycles. The van der Waals surface area contributed by atoms with Gasteiger partial charge >= 0.3 is 5.97 Å². The monoisotopic (exact) mass is 383 g/mol. The Labute approximate surface area is 159 Å². The van der Waals surface area contributed by atoms with Crippen LogP contribution in [0.3, 0.4) is 0 Å². The molecule has 1 aliphatic rings. The van der Waals surface area contributed by atoms with Crippen molar-refractivity contribution in [2.45, 2.75) is 6.54 Å². The van der Waals surface area contributed by atoms with E-state index in [1.165, 1.54) is 12.1 Å². The summed E-state index contributed by atoms with van der Waals surface area (Å²) < 4.78 is 14.8. The zero-order chi connectivity index (χ0) is 19.0. The lowest BCUT2D eigenvalue weighted by atomic mass is 9.99. The van der Waals surface area contributed by atoms with Crippen LogP contribution in [0.25, 0.3) is 17.3 Å². The summed E-state index contributed by atoms with van der Waals surface area (Å²) >= 11 is 5.97. The second-order valence-corrected chi connectivity index (χ2v) is 6.63. The molecule has 0 atom stereocenters. The highest BCUT2D eigenvalue weighted by Crippen LogP contribution is 2.30. The first-order valence-electron chi connectivity index (χ1n) is 8.31.